The van der Waals surface area contributed by atoms with Gasteiger partial charge in [-0.2, -0.15) is 0 Å². The molecule has 9 heteroatoms. The summed E-state index contributed by atoms with van der Waals surface area (Å²) in [5, 5.41) is 2.32. The summed E-state index contributed by atoms with van der Waals surface area (Å²) in [6, 6.07) is 2.04. The van der Waals surface area contributed by atoms with E-state index in [9.17, 15) is 14.4 Å². The zero-order valence-electron chi connectivity index (χ0n) is 12.4. The standard InChI is InChI=1S/C14H12B2N4O3/c1-5-18-11-6(15)2-3-8(17)10(11)14(23)20(5)12-7(16)4-9(21)19-13(12)22/h2-3,7,12H,4,17H2,1H3,(H,19,21,22). The fourth-order valence-corrected chi connectivity index (χ4v) is 2.87. The van der Waals surface area contributed by atoms with Gasteiger partial charge < -0.3 is 5.73 Å². The molecular weight excluding hydrogens is 294 g/mol. The van der Waals surface area contributed by atoms with Crippen molar-refractivity contribution in [3.05, 3.63) is 28.3 Å². The second-order valence-electron chi connectivity index (χ2n) is 5.53. The van der Waals surface area contributed by atoms with Crippen LogP contribution in [0.5, 0.6) is 0 Å². The molecule has 2 aromatic rings. The molecule has 0 aliphatic carbocycles. The van der Waals surface area contributed by atoms with Crippen LogP contribution in [0.1, 0.15) is 18.3 Å². The molecule has 1 aliphatic rings. The van der Waals surface area contributed by atoms with Crippen LogP contribution in [-0.2, 0) is 9.59 Å². The summed E-state index contributed by atoms with van der Waals surface area (Å²) in [7, 11) is 11.8. The number of carbonyl (C=O) groups is 2. The van der Waals surface area contributed by atoms with Gasteiger partial charge in [0, 0.05) is 12.1 Å². The number of nitrogen functional groups attached to an aromatic ring is 1. The van der Waals surface area contributed by atoms with E-state index in [2.05, 4.69) is 10.3 Å². The fraction of sp³-hybridized carbons (Fsp3) is 0.286. The topological polar surface area (TPSA) is 107 Å². The highest BCUT2D eigenvalue weighted by Crippen LogP contribution is 2.28. The number of carbonyl (C=O) groups excluding carboxylic acids is 2. The van der Waals surface area contributed by atoms with E-state index in [1.807, 2.05) is 0 Å². The average molecular weight is 306 g/mol. The molecule has 112 valence electrons. The maximum atomic E-state index is 12.9. The molecule has 0 bridgehead atoms. The van der Waals surface area contributed by atoms with Crippen LogP contribution >= 0.6 is 0 Å². The van der Waals surface area contributed by atoms with Crippen molar-refractivity contribution in [2.24, 2.45) is 0 Å². The van der Waals surface area contributed by atoms with Crippen LogP contribution in [0.25, 0.3) is 10.9 Å². The third-order valence-corrected chi connectivity index (χ3v) is 3.93. The van der Waals surface area contributed by atoms with E-state index < -0.39 is 29.2 Å². The lowest BCUT2D eigenvalue weighted by atomic mass is 9.75. The normalized spacial score (nSPS) is 21.4. The van der Waals surface area contributed by atoms with E-state index in [1.165, 1.54) is 10.6 Å². The second kappa shape index (κ2) is 5.26. The molecule has 3 N–H and O–H groups in total. The van der Waals surface area contributed by atoms with E-state index in [1.54, 1.807) is 13.0 Å². The zero-order chi connectivity index (χ0) is 16.9. The minimum Gasteiger partial charge on any atom is -0.398 e. The number of fused-ring (bicyclic) bond motifs is 1. The van der Waals surface area contributed by atoms with Crippen molar-refractivity contribution in [2.75, 3.05) is 5.73 Å². The molecule has 2 heterocycles. The first-order valence-electron chi connectivity index (χ1n) is 6.97. The van der Waals surface area contributed by atoms with Crippen LogP contribution < -0.4 is 22.1 Å². The highest BCUT2D eigenvalue weighted by Gasteiger charge is 2.36. The number of nitrogens with one attached hydrogen (secondary N) is 1. The SMILES string of the molecule is [B]c1ccc(N)c2c(=O)n(C3C(=O)NC(=O)CC3[B])c(C)nc12. The lowest BCUT2D eigenvalue weighted by Crippen LogP contribution is -2.48. The van der Waals surface area contributed by atoms with E-state index in [-0.39, 0.29) is 28.8 Å². The highest BCUT2D eigenvalue weighted by molar-refractivity contribution is 6.38. The quantitative estimate of drug-likeness (QED) is 0.384. The van der Waals surface area contributed by atoms with Crippen LogP contribution in [-0.4, -0.2) is 37.1 Å². The number of piperidine rings is 1. The highest BCUT2D eigenvalue weighted by atomic mass is 16.2. The Bertz CT molecular complexity index is 909. The fourth-order valence-electron chi connectivity index (χ4n) is 2.87. The Morgan fingerprint density at radius 3 is 2.70 bits per heavy atom. The molecule has 1 aliphatic heterocycles. The number of rotatable bonds is 1. The van der Waals surface area contributed by atoms with Gasteiger partial charge in [0.05, 0.1) is 18.7 Å². The summed E-state index contributed by atoms with van der Waals surface area (Å²) in [5.74, 6) is -1.66. The van der Waals surface area contributed by atoms with Crippen molar-refractivity contribution < 1.29 is 9.59 Å². The first-order valence-corrected chi connectivity index (χ1v) is 6.97. The van der Waals surface area contributed by atoms with Gasteiger partial charge in [0.1, 0.15) is 19.7 Å². The lowest BCUT2D eigenvalue weighted by molar-refractivity contribution is -0.135. The molecule has 2 atom stereocenters. The van der Waals surface area contributed by atoms with Gasteiger partial charge >= 0.3 is 0 Å². The Morgan fingerprint density at radius 2 is 2.04 bits per heavy atom. The molecule has 23 heavy (non-hydrogen) atoms. The van der Waals surface area contributed by atoms with Crippen LogP contribution in [0, 0.1) is 6.92 Å². The van der Waals surface area contributed by atoms with Crippen LogP contribution in [0.2, 0.25) is 5.82 Å². The third kappa shape index (κ3) is 2.32. The van der Waals surface area contributed by atoms with E-state index in [0.29, 0.717) is 5.46 Å². The average Bonchev–Trinajstić information content (AvgIpc) is 2.45. The molecule has 1 fully saturated rings. The number of benzene rings is 1. The minimum atomic E-state index is -1.03. The van der Waals surface area contributed by atoms with Gasteiger partial charge in [-0.3, -0.25) is 24.3 Å². The summed E-state index contributed by atoms with van der Waals surface area (Å²) in [6.45, 7) is 1.57. The Morgan fingerprint density at radius 1 is 1.35 bits per heavy atom. The number of hydrogen-bond donors (Lipinski definition) is 2. The maximum Gasteiger partial charge on any atom is 0.264 e. The molecule has 4 radical (unpaired) electrons. The minimum absolute atomic E-state index is 0.0628. The van der Waals surface area contributed by atoms with Crippen LogP contribution in [0.4, 0.5) is 5.69 Å². The third-order valence-electron chi connectivity index (χ3n) is 3.93. The molecule has 1 aromatic heterocycles. The van der Waals surface area contributed by atoms with Crippen molar-refractivity contribution in [3.8, 4) is 0 Å². The predicted molar refractivity (Wildman–Crippen MR) is 86.8 cm³/mol. The first kappa shape index (κ1) is 15.3. The van der Waals surface area contributed by atoms with Gasteiger partial charge in [-0.25, -0.2) is 4.98 Å². The van der Waals surface area contributed by atoms with Gasteiger partial charge in [-0.05, 0) is 18.8 Å². The molecule has 0 spiro atoms. The molecule has 0 saturated carbocycles. The largest absolute Gasteiger partial charge is 0.398 e. The summed E-state index contributed by atoms with van der Waals surface area (Å²) < 4.78 is 1.17. The number of imide groups is 1. The van der Waals surface area contributed by atoms with Crippen molar-refractivity contribution >= 4 is 49.6 Å². The van der Waals surface area contributed by atoms with E-state index in [0.717, 1.165) is 0 Å². The van der Waals surface area contributed by atoms with Crippen molar-refractivity contribution in [1.29, 1.82) is 0 Å². The Balaban J connectivity index is 2.31. The second-order valence-corrected chi connectivity index (χ2v) is 5.53. The predicted octanol–water partition coefficient (Wildman–Crippen LogP) is -1.37. The van der Waals surface area contributed by atoms with Crippen LogP contribution in [0.3, 0.4) is 0 Å². The van der Waals surface area contributed by atoms with Gasteiger partial charge in [0.2, 0.25) is 11.8 Å². The first-order chi connectivity index (χ1) is 10.8. The Labute approximate surface area is 134 Å². The molecular formula is C14H12B2N4O3. The summed E-state index contributed by atoms with van der Waals surface area (Å²) >= 11 is 0. The van der Waals surface area contributed by atoms with Gasteiger partial charge in [0.25, 0.3) is 5.56 Å². The number of hydrogen-bond acceptors (Lipinski definition) is 5. The van der Waals surface area contributed by atoms with Crippen molar-refractivity contribution in [2.45, 2.75) is 25.2 Å². The number of amides is 2. The molecule has 3 rings (SSSR count). The number of aryl methyl sites for hydroxylation is 1. The van der Waals surface area contributed by atoms with Crippen LogP contribution in [0.15, 0.2) is 16.9 Å². The number of aromatic nitrogens is 2. The molecule has 2 amide bonds. The molecule has 2 unspecified atom stereocenters. The van der Waals surface area contributed by atoms with Crippen molar-refractivity contribution in [1.82, 2.24) is 14.9 Å². The number of nitrogens with zero attached hydrogens (tertiary/aromatic N) is 2. The van der Waals surface area contributed by atoms with Gasteiger partial charge in [-0.15, -0.1) is 0 Å². The monoisotopic (exact) mass is 306 g/mol. The van der Waals surface area contributed by atoms with Gasteiger partial charge in [0.15, 0.2) is 0 Å². The van der Waals surface area contributed by atoms with E-state index in [4.69, 9.17) is 21.4 Å². The summed E-state index contributed by atoms with van der Waals surface area (Å²) in [4.78, 5) is 40.7. The number of nitrogens with two attached hydrogens (primary N) is 1. The lowest BCUT2D eigenvalue weighted by Gasteiger charge is -2.30. The zero-order valence-corrected chi connectivity index (χ0v) is 12.4. The van der Waals surface area contributed by atoms with Gasteiger partial charge in [-0.1, -0.05) is 11.5 Å². The Kier molecular flexibility index (Phi) is 3.50. The molecule has 1 aromatic carbocycles. The number of anilines is 1. The maximum absolute atomic E-state index is 12.9. The Hall–Kier alpha value is -2.57. The summed E-state index contributed by atoms with van der Waals surface area (Å²) in [5.41, 5.74) is 6.16. The summed E-state index contributed by atoms with van der Waals surface area (Å²) in [6.07, 6.45) is -0.0628. The smallest absolute Gasteiger partial charge is 0.264 e. The molecule has 1 saturated heterocycles. The molecule has 7 nitrogen and oxygen atoms in total. The van der Waals surface area contributed by atoms with E-state index >= 15 is 0 Å². The van der Waals surface area contributed by atoms with Crippen molar-refractivity contribution in [3.63, 3.8) is 0 Å².